The Kier molecular flexibility index (Phi) is 4.99. The molecule has 0 saturated carbocycles. The Morgan fingerprint density at radius 2 is 2.30 bits per heavy atom. The average Bonchev–Trinajstić information content (AvgIpc) is 2.43. The van der Waals surface area contributed by atoms with Crippen molar-refractivity contribution in [2.45, 2.75) is 31.8 Å². The summed E-state index contributed by atoms with van der Waals surface area (Å²) in [5.74, 6) is 0.538. The molecular weight excluding hydrogens is 320 g/mol. The molecule has 1 aliphatic heterocycles. The van der Waals surface area contributed by atoms with Crippen molar-refractivity contribution in [3.8, 4) is 0 Å². The minimum Gasteiger partial charge on any atom is -0.372 e. The number of nitrogens with zero attached hydrogens (tertiary/aromatic N) is 2. The number of aromatic nitrogens is 1. The molecule has 0 aromatic carbocycles. The molecule has 0 bridgehead atoms. The van der Waals surface area contributed by atoms with Gasteiger partial charge in [0.25, 0.3) is 5.91 Å². The molecule has 5 nitrogen and oxygen atoms in total. The number of likely N-dealkylation sites (tertiary alicyclic amines) is 1. The standard InChI is InChI=1S/C14H21BrN4O/c1-9-6-11(4-5-19(9)3)18-14(20)12-7-10(15)8-17-13(12)16-2/h7-9,11H,4-6H2,1-3H3,(H,16,17)(H,18,20). The Balaban J connectivity index is 2.07. The van der Waals surface area contributed by atoms with Gasteiger partial charge in [-0.05, 0) is 48.8 Å². The fourth-order valence-corrected chi connectivity index (χ4v) is 2.83. The Labute approximate surface area is 128 Å². The molecule has 1 amide bonds. The summed E-state index contributed by atoms with van der Waals surface area (Å²) in [4.78, 5) is 18.9. The van der Waals surface area contributed by atoms with Gasteiger partial charge in [0, 0.05) is 36.3 Å². The number of amides is 1. The number of carbonyl (C=O) groups is 1. The molecule has 2 rings (SSSR count). The first kappa shape index (κ1) is 15.3. The highest BCUT2D eigenvalue weighted by Crippen LogP contribution is 2.20. The van der Waals surface area contributed by atoms with Crippen molar-refractivity contribution in [1.29, 1.82) is 0 Å². The summed E-state index contributed by atoms with van der Waals surface area (Å²) in [5, 5.41) is 6.08. The Hall–Kier alpha value is -1.14. The second-order valence-electron chi connectivity index (χ2n) is 5.32. The van der Waals surface area contributed by atoms with Crippen LogP contribution in [0, 0.1) is 0 Å². The molecule has 6 heteroatoms. The van der Waals surface area contributed by atoms with Gasteiger partial charge in [-0.25, -0.2) is 4.98 Å². The predicted octanol–water partition coefficient (Wildman–Crippen LogP) is 2.10. The van der Waals surface area contributed by atoms with Crippen LogP contribution < -0.4 is 10.6 Å². The van der Waals surface area contributed by atoms with Crippen LogP contribution in [0.2, 0.25) is 0 Å². The zero-order valence-corrected chi connectivity index (χ0v) is 13.7. The highest BCUT2D eigenvalue weighted by atomic mass is 79.9. The van der Waals surface area contributed by atoms with Crippen molar-refractivity contribution in [2.24, 2.45) is 0 Å². The van der Waals surface area contributed by atoms with Crippen molar-refractivity contribution in [3.05, 3.63) is 22.3 Å². The number of nitrogens with one attached hydrogen (secondary N) is 2. The normalized spacial score (nSPS) is 23.4. The first-order valence-corrected chi connectivity index (χ1v) is 7.65. The van der Waals surface area contributed by atoms with E-state index in [1.807, 2.05) is 0 Å². The minimum atomic E-state index is -0.0649. The number of halogens is 1. The molecule has 0 spiro atoms. The van der Waals surface area contributed by atoms with Gasteiger partial charge in [-0.1, -0.05) is 0 Å². The molecule has 2 atom stereocenters. The van der Waals surface area contributed by atoms with Gasteiger partial charge >= 0.3 is 0 Å². The van der Waals surface area contributed by atoms with E-state index in [4.69, 9.17) is 0 Å². The maximum atomic E-state index is 12.4. The summed E-state index contributed by atoms with van der Waals surface area (Å²) >= 11 is 3.36. The molecular formula is C14H21BrN4O. The predicted molar refractivity (Wildman–Crippen MR) is 84.1 cm³/mol. The maximum absolute atomic E-state index is 12.4. The van der Waals surface area contributed by atoms with Crippen LogP contribution in [0.25, 0.3) is 0 Å². The van der Waals surface area contributed by atoms with Crippen molar-refractivity contribution in [1.82, 2.24) is 15.2 Å². The number of anilines is 1. The average molecular weight is 341 g/mol. The second-order valence-corrected chi connectivity index (χ2v) is 6.24. The van der Waals surface area contributed by atoms with Gasteiger partial charge in [-0.2, -0.15) is 0 Å². The van der Waals surface area contributed by atoms with E-state index in [0.29, 0.717) is 17.4 Å². The lowest BCUT2D eigenvalue weighted by Gasteiger charge is -2.35. The van der Waals surface area contributed by atoms with Crippen LogP contribution in [-0.2, 0) is 0 Å². The molecule has 2 N–H and O–H groups in total. The monoisotopic (exact) mass is 340 g/mol. The lowest BCUT2D eigenvalue weighted by Crippen LogP contribution is -2.47. The molecule has 1 saturated heterocycles. The zero-order chi connectivity index (χ0) is 14.7. The van der Waals surface area contributed by atoms with Gasteiger partial charge in [0.05, 0.1) is 5.56 Å². The second kappa shape index (κ2) is 6.54. The summed E-state index contributed by atoms with van der Waals surface area (Å²) < 4.78 is 0.804. The molecule has 0 aliphatic carbocycles. The van der Waals surface area contributed by atoms with Crippen LogP contribution >= 0.6 is 15.9 Å². The molecule has 1 aliphatic rings. The number of rotatable bonds is 3. The first-order chi connectivity index (χ1) is 9.51. The molecule has 1 aromatic rings. The minimum absolute atomic E-state index is 0.0649. The molecule has 0 radical (unpaired) electrons. The molecule has 110 valence electrons. The summed E-state index contributed by atoms with van der Waals surface area (Å²) in [6.45, 7) is 3.21. The van der Waals surface area contributed by atoms with Gasteiger partial charge in [0.2, 0.25) is 0 Å². The Bertz CT molecular complexity index is 494. The van der Waals surface area contributed by atoms with E-state index in [9.17, 15) is 4.79 Å². The fraction of sp³-hybridized carbons (Fsp3) is 0.571. The number of hydrogen-bond donors (Lipinski definition) is 2. The molecule has 1 fully saturated rings. The van der Waals surface area contributed by atoms with Gasteiger partial charge < -0.3 is 15.5 Å². The highest BCUT2D eigenvalue weighted by molar-refractivity contribution is 9.10. The summed E-state index contributed by atoms with van der Waals surface area (Å²) in [5.41, 5.74) is 0.577. The first-order valence-electron chi connectivity index (χ1n) is 6.85. The van der Waals surface area contributed by atoms with Crippen LogP contribution in [-0.4, -0.2) is 48.5 Å². The quantitative estimate of drug-likeness (QED) is 0.884. The molecule has 2 unspecified atom stereocenters. The van der Waals surface area contributed by atoms with Crippen molar-refractivity contribution in [2.75, 3.05) is 26.0 Å². The van der Waals surface area contributed by atoms with Crippen molar-refractivity contribution >= 4 is 27.7 Å². The van der Waals surface area contributed by atoms with Crippen LogP contribution in [0.15, 0.2) is 16.7 Å². The topological polar surface area (TPSA) is 57.3 Å². The smallest absolute Gasteiger partial charge is 0.255 e. The summed E-state index contributed by atoms with van der Waals surface area (Å²) in [6.07, 6.45) is 3.65. The lowest BCUT2D eigenvalue weighted by atomic mass is 9.98. The fourth-order valence-electron chi connectivity index (χ4n) is 2.50. The van der Waals surface area contributed by atoms with Gasteiger partial charge in [-0.3, -0.25) is 4.79 Å². The van der Waals surface area contributed by atoms with Gasteiger partial charge in [-0.15, -0.1) is 0 Å². The SMILES string of the molecule is CNc1ncc(Br)cc1C(=O)NC1CCN(C)C(C)C1. The maximum Gasteiger partial charge on any atom is 0.255 e. The van der Waals surface area contributed by atoms with Crippen molar-refractivity contribution < 1.29 is 4.79 Å². The third-order valence-electron chi connectivity index (χ3n) is 3.88. The summed E-state index contributed by atoms with van der Waals surface area (Å²) in [7, 11) is 3.89. The Morgan fingerprint density at radius 1 is 1.55 bits per heavy atom. The zero-order valence-electron chi connectivity index (χ0n) is 12.1. The van der Waals surface area contributed by atoms with Gasteiger partial charge in [0.15, 0.2) is 0 Å². The van der Waals surface area contributed by atoms with Crippen LogP contribution in [0.4, 0.5) is 5.82 Å². The van der Waals surface area contributed by atoms with Crippen LogP contribution in [0.1, 0.15) is 30.1 Å². The van der Waals surface area contributed by atoms with Crippen molar-refractivity contribution in [3.63, 3.8) is 0 Å². The van der Waals surface area contributed by atoms with E-state index in [1.165, 1.54) is 0 Å². The third kappa shape index (κ3) is 3.49. The van der Waals surface area contributed by atoms with Crippen LogP contribution in [0.3, 0.4) is 0 Å². The number of pyridine rings is 1. The van der Waals surface area contributed by atoms with E-state index >= 15 is 0 Å². The molecule has 20 heavy (non-hydrogen) atoms. The summed E-state index contributed by atoms with van der Waals surface area (Å²) in [6, 6.07) is 2.53. The molecule has 1 aromatic heterocycles. The highest BCUT2D eigenvalue weighted by Gasteiger charge is 2.25. The number of hydrogen-bond acceptors (Lipinski definition) is 4. The van der Waals surface area contributed by atoms with Gasteiger partial charge in [0.1, 0.15) is 5.82 Å². The largest absolute Gasteiger partial charge is 0.372 e. The number of carbonyl (C=O) groups excluding carboxylic acids is 1. The molecule has 2 heterocycles. The number of piperidine rings is 1. The van der Waals surface area contributed by atoms with E-state index in [-0.39, 0.29) is 11.9 Å². The lowest BCUT2D eigenvalue weighted by molar-refractivity contribution is 0.0897. The van der Waals surface area contributed by atoms with E-state index in [2.05, 4.69) is 50.4 Å². The third-order valence-corrected chi connectivity index (χ3v) is 4.31. The van der Waals surface area contributed by atoms with E-state index < -0.39 is 0 Å². The van der Waals surface area contributed by atoms with E-state index in [1.54, 1.807) is 19.3 Å². The Morgan fingerprint density at radius 3 is 2.95 bits per heavy atom. The van der Waals surface area contributed by atoms with E-state index in [0.717, 1.165) is 23.9 Å². The van der Waals surface area contributed by atoms with Crippen LogP contribution in [0.5, 0.6) is 0 Å².